The van der Waals surface area contributed by atoms with Crippen LogP contribution in [0.3, 0.4) is 0 Å². The third kappa shape index (κ3) is 2.95. The Labute approximate surface area is 109 Å². The number of halogens is 1. The molecule has 6 heteroatoms. The SMILES string of the molecule is NC(=S)c1cc(Cl)ccc1NCc1ccon1. The molecule has 0 amide bonds. The van der Waals surface area contributed by atoms with Crippen LogP contribution in [0.1, 0.15) is 11.3 Å². The van der Waals surface area contributed by atoms with Gasteiger partial charge in [0.2, 0.25) is 0 Å². The largest absolute Gasteiger partial charge is 0.389 e. The lowest BCUT2D eigenvalue weighted by molar-refractivity contribution is 0.412. The van der Waals surface area contributed by atoms with Crippen LogP contribution in [-0.2, 0) is 6.54 Å². The lowest BCUT2D eigenvalue weighted by Gasteiger charge is -2.10. The van der Waals surface area contributed by atoms with Crippen molar-refractivity contribution in [3.8, 4) is 0 Å². The highest BCUT2D eigenvalue weighted by Gasteiger charge is 2.06. The summed E-state index contributed by atoms with van der Waals surface area (Å²) in [4.78, 5) is 0.301. The predicted molar refractivity (Wildman–Crippen MR) is 71.2 cm³/mol. The molecule has 0 fully saturated rings. The predicted octanol–water partition coefficient (Wildman–Crippen LogP) is 2.57. The Morgan fingerprint density at radius 1 is 1.47 bits per heavy atom. The monoisotopic (exact) mass is 267 g/mol. The first-order chi connectivity index (χ1) is 8.16. The van der Waals surface area contributed by atoms with Gasteiger partial charge in [0.05, 0.1) is 6.54 Å². The summed E-state index contributed by atoms with van der Waals surface area (Å²) in [5.74, 6) is 0. The van der Waals surface area contributed by atoms with Crippen molar-refractivity contribution in [2.75, 3.05) is 5.32 Å². The van der Waals surface area contributed by atoms with Crippen LogP contribution in [0, 0.1) is 0 Å². The topological polar surface area (TPSA) is 64.1 Å². The van der Waals surface area contributed by atoms with Crippen LogP contribution in [0.4, 0.5) is 5.69 Å². The zero-order chi connectivity index (χ0) is 12.3. The van der Waals surface area contributed by atoms with Gasteiger partial charge in [-0.05, 0) is 18.2 Å². The van der Waals surface area contributed by atoms with E-state index in [0.717, 1.165) is 16.9 Å². The van der Waals surface area contributed by atoms with Gasteiger partial charge in [-0.25, -0.2) is 0 Å². The fourth-order valence-electron chi connectivity index (χ4n) is 1.39. The number of hydrogen-bond acceptors (Lipinski definition) is 4. The smallest absolute Gasteiger partial charge is 0.124 e. The average molecular weight is 268 g/mol. The minimum absolute atomic E-state index is 0.301. The summed E-state index contributed by atoms with van der Waals surface area (Å²) in [6, 6.07) is 7.11. The second-order valence-corrected chi connectivity index (χ2v) is 4.27. The minimum Gasteiger partial charge on any atom is -0.389 e. The molecule has 0 aliphatic rings. The van der Waals surface area contributed by atoms with E-state index in [-0.39, 0.29) is 0 Å². The molecule has 3 N–H and O–H groups in total. The fourth-order valence-corrected chi connectivity index (χ4v) is 1.73. The minimum atomic E-state index is 0.301. The Morgan fingerprint density at radius 2 is 2.29 bits per heavy atom. The molecule has 0 radical (unpaired) electrons. The van der Waals surface area contributed by atoms with Crippen LogP contribution in [-0.4, -0.2) is 10.1 Å². The maximum Gasteiger partial charge on any atom is 0.124 e. The number of nitrogens with zero attached hydrogens (tertiary/aromatic N) is 1. The zero-order valence-corrected chi connectivity index (χ0v) is 10.4. The Bertz CT molecular complexity index is 528. The Morgan fingerprint density at radius 3 is 2.94 bits per heavy atom. The number of thiocarbonyl (C=S) groups is 1. The van der Waals surface area contributed by atoms with Crippen LogP contribution in [0.2, 0.25) is 5.02 Å². The molecular weight excluding hydrogens is 258 g/mol. The Balaban J connectivity index is 2.17. The van der Waals surface area contributed by atoms with Gasteiger partial charge in [-0.1, -0.05) is 29.0 Å². The number of anilines is 1. The number of nitrogens with one attached hydrogen (secondary N) is 1. The molecule has 2 aromatic rings. The lowest BCUT2D eigenvalue weighted by Crippen LogP contribution is -2.13. The van der Waals surface area contributed by atoms with Crippen molar-refractivity contribution in [2.45, 2.75) is 6.54 Å². The molecule has 2 rings (SSSR count). The van der Waals surface area contributed by atoms with Crippen LogP contribution in [0.25, 0.3) is 0 Å². The van der Waals surface area contributed by atoms with Crippen molar-refractivity contribution in [1.82, 2.24) is 5.16 Å². The van der Waals surface area contributed by atoms with E-state index < -0.39 is 0 Å². The van der Waals surface area contributed by atoms with Crippen molar-refractivity contribution in [1.29, 1.82) is 0 Å². The van der Waals surface area contributed by atoms with Gasteiger partial charge in [0.25, 0.3) is 0 Å². The van der Waals surface area contributed by atoms with Gasteiger partial charge in [0, 0.05) is 22.3 Å². The van der Waals surface area contributed by atoms with E-state index in [0.29, 0.717) is 16.6 Å². The van der Waals surface area contributed by atoms with Crippen LogP contribution in [0.5, 0.6) is 0 Å². The third-order valence-electron chi connectivity index (χ3n) is 2.20. The first-order valence-electron chi connectivity index (χ1n) is 4.89. The van der Waals surface area contributed by atoms with Crippen LogP contribution in [0.15, 0.2) is 35.1 Å². The molecular formula is C11H10ClN3OS. The zero-order valence-electron chi connectivity index (χ0n) is 8.81. The quantitative estimate of drug-likeness (QED) is 0.834. The van der Waals surface area contributed by atoms with E-state index in [9.17, 15) is 0 Å². The lowest BCUT2D eigenvalue weighted by atomic mass is 10.1. The summed E-state index contributed by atoms with van der Waals surface area (Å²) in [6.45, 7) is 0.535. The van der Waals surface area contributed by atoms with Gasteiger partial charge in [0.15, 0.2) is 0 Å². The molecule has 1 heterocycles. The second kappa shape index (κ2) is 5.16. The summed E-state index contributed by atoms with van der Waals surface area (Å²) < 4.78 is 4.74. The van der Waals surface area contributed by atoms with E-state index in [4.69, 9.17) is 34.1 Å². The molecule has 0 saturated carbocycles. The Hall–Kier alpha value is -1.59. The molecule has 0 unspecified atom stereocenters. The number of hydrogen-bond donors (Lipinski definition) is 2. The van der Waals surface area contributed by atoms with Crippen molar-refractivity contribution in [3.63, 3.8) is 0 Å². The van der Waals surface area contributed by atoms with Gasteiger partial charge in [-0.2, -0.15) is 0 Å². The van der Waals surface area contributed by atoms with E-state index in [1.54, 1.807) is 18.2 Å². The van der Waals surface area contributed by atoms with E-state index in [1.807, 2.05) is 6.07 Å². The second-order valence-electron chi connectivity index (χ2n) is 3.40. The first-order valence-corrected chi connectivity index (χ1v) is 5.68. The molecule has 1 aromatic carbocycles. The number of benzene rings is 1. The summed E-state index contributed by atoms with van der Waals surface area (Å²) in [5.41, 5.74) is 7.97. The normalized spacial score (nSPS) is 10.2. The van der Waals surface area contributed by atoms with E-state index in [2.05, 4.69) is 10.5 Å². The molecule has 0 aliphatic carbocycles. The molecule has 0 bridgehead atoms. The highest BCUT2D eigenvalue weighted by Crippen LogP contribution is 2.21. The maximum atomic E-state index is 5.89. The first kappa shape index (κ1) is 11.9. The average Bonchev–Trinajstić information content (AvgIpc) is 2.80. The maximum absolute atomic E-state index is 5.89. The molecule has 0 atom stereocenters. The van der Waals surface area contributed by atoms with Gasteiger partial charge in [0.1, 0.15) is 16.9 Å². The van der Waals surface area contributed by atoms with Crippen LogP contribution >= 0.6 is 23.8 Å². The highest BCUT2D eigenvalue weighted by molar-refractivity contribution is 7.80. The standard InChI is InChI=1S/C11H10ClN3OS/c12-7-1-2-10(9(5-7)11(13)17)14-6-8-3-4-16-15-8/h1-5,14H,6H2,(H2,13,17). The summed E-state index contributed by atoms with van der Waals surface area (Å²) in [5, 5.41) is 7.57. The van der Waals surface area contributed by atoms with Gasteiger partial charge in [-0.15, -0.1) is 0 Å². The number of nitrogens with two attached hydrogens (primary N) is 1. The number of rotatable bonds is 4. The van der Waals surface area contributed by atoms with Crippen molar-refractivity contribution in [3.05, 3.63) is 46.8 Å². The molecule has 0 spiro atoms. The number of aromatic nitrogens is 1. The molecule has 0 saturated heterocycles. The van der Waals surface area contributed by atoms with Crippen molar-refractivity contribution in [2.24, 2.45) is 5.73 Å². The van der Waals surface area contributed by atoms with Crippen LogP contribution < -0.4 is 11.1 Å². The van der Waals surface area contributed by atoms with Crippen molar-refractivity contribution >= 4 is 34.5 Å². The third-order valence-corrected chi connectivity index (χ3v) is 2.65. The summed E-state index contributed by atoms with van der Waals surface area (Å²) in [7, 11) is 0. The van der Waals surface area contributed by atoms with Gasteiger partial charge >= 0.3 is 0 Å². The summed E-state index contributed by atoms with van der Waals surface area (Å²) >= 11 is 10.9. The van der Waals surface area contributed by atoms with Gasteiger partial charge in [-0.3, -0.25) is 0 Å². The fraction of sp³-hybridized carbons (Fsp3) is 0.0909. The van der Waals surface area contributed by atoms with Crippen molar-refractivity contribution < 1.29 is 4.52 Å². The van der Waals surface area contributed by atoms with Gasteiger partial charge < -0.3 is 15.6 Å². The van der Waals surface area contributed by atoms with E-state index in [1.165, 1.54) is 6.26 Å². The molecule has 1 aromatic heterocycles. The molecule has 4 nitrogen and oxygen atoms in total. The summed E-state index contributed by atoms with van der Waals surface area (Å²) in [6.07, 6.45) is 1.52. The molecule has 0 aliphatic heterocycles. The highest BCUT2D eigenvalue weighted by atomic mass is 35.5. The molecule has 88 valence electrons. The molecule has 17 heavy (non-hydrogen) atoms. The Kier molecular flexibility index (Phi) is 3.61. The van der Waals surface area contributed by atoms with E-state index >= 15 is 0 Å².